The molecule has 0 radical (unpaired) electrons. The number of benzene rings is 1. The molecule has 1 aromatic carbocycles. The molecule has 1 aromatic rings. The van der Waals surface area contributed by atoms with Gasteiger partial charge in [0.15, 0.2) is 0 Å². The van der Waals surface area contributed by atoms with Crippen LogP contribution in [0, 0.1) is 5.92 Å². The summed E-state index contributed by atoms with van der Waals surface area (Å²) in [5.41, 5.74) is 1.52. The molecular weight excluding hydrogens is 256 g/mol. The molecule has 1 aliphatic carbocycles. The van der Waals surface area contributed by atoms with Crippen molar-refractivity contribution in [2.24, 2.45) is 5.92 Å². The molecule has 2 heteroatoms. The fraction of sp³-hybridized carbons (Fsp3) is 0.684. The van der Waals surface area contributed by atoms with Crippen LogP contribution in [0.5, 0.6) is 0 Å². The van der Waals surface area contributed by atoms with Crippen LogP contribution < -0.4 is 5.32 Å². The summed E-state index contributed by atoms with van der Waals surface area (Å²) in [4.78, 5) is 2.64. The standard InChI is InChI=1S/C19H30N2/c1-16-6-5-9-19(14-16)20-11-13-21-12-10-18(15-21)17-7-3-2-4-8-17/h2-4,7-8,16,18-20H,5-6,9-15H2,1H3. The van der Waals surface area contributed by atoms with E-state index in [1.165, 1.54) is 63.8 Å². The highest BCUT2D eigenvalue weighted by Crippen LogP contribution is 2.27. The molecule has 3 unspecified atom stereocenters. The van der Waals surface area contributed by atoms with Gasteiger partial charge in [0, 0.05) is 25.7 Å². The first-order valence-electron chi connectivity index (χ1n) is 8.82. The first-order chi connectivity index (χ1) is 10.3. The molecule has 116 valence electrons. The van der Waals surface area contributed by atoms with Crippen LogP contribution in [0.3, 0.4) is 0 Å². The van der Waals surface area contributed by atoms with Crippen molar-refractivity contribution in [1.29, 1.82) is 0 Å². The molecule has 0 amide bonds. The van der Waals surface area contributed by atoms with Gasteiger partial charge in [-0.3, -0.25) is 0 Å². The van der Waals surface area contributed by atoms with Crippen molar-refractivity contribution in [3.05, 3.63) is 35.9 Å². The molecule has 1 heterocycles. The van der Waals surface area contributed by atoms with E-state index in [4.69, 9.17) is 0 Å². The molecule has 0 aromatic heterocycles. The van der Waals surface area contributed by atoms with Crippen molar-refractivity contribution in [1.82, 2.24) is 10.2 Å². The van der Waals surface area contributed by atoms with Crippen LogP contribution in [0.1, 0.15) is 50.5 Å². The number of rotatable bonds is 5. The lowest BCUT2D eigenvalue weighted by atomic mass is 9.87. The van der Waals surface area contributed by atoms with E-state index in [1.807, 2.05) is 0 Å². The van der Waals surface area contributed by atoms with Gasteiger partial charge in [-0.15, -0.1) is 0 Å². The van der Waals surface area contributed by atoms with Crippen molar-refractivity contribution >= 4 is 0 Å². The summed E-state index contributed by atoms with van der Waals surface area (Å²) in [6.07, 6.45) is 6.94. The Hall–Kier alpha value is -0.860. The SMILES string of the molecule is CC1CCCC(NCCN2CCC(c3ccccc3)C2)C1. The normalized spacial score (nSPS) is 30.6. The number of likely N-dealkylation sites (tertiary alicyclic amines) is 1. The second-order valence-electron chi connectivity index (χ2n) is 7.12. The van der Waals surface area contributed by atoms with E-state index in [9.17, 15) is 0 Å². The molecule has 3 rings (SSSR count). The Morgan fingerprint density at radius 2 is 2.00 bits per heavy atom. The van der Waals surface area contributed by atoms with Gasteiger partial charge in [0.05, 0.1) is 0 Å². The zero-order chi connectivity index (χ0) is 14.5. The van der Waals surface area contributed by atoms with Gasteiger partial charge in [0.25, 0.3) is 0 Å². The van der Waals surface area contributed by atoms with Crippen LogP contribution in [-0.4, -0.2) is 37.1 Å². The molecule has 1 N–H and O–H groups in total. The third-order valence-corrected chi connectivity index (χ3v) is 5.34. The van der Waals surface area contributed by atoms with Crippen molar-refractivity contribution in [2.75, 3.05) is 26.2 Å². The minimum Gasteiger partial charge on any atom is -0.313 e. The summed E-state index contributed by atoms with van der Waals surface area (Å²) < 4.78 is 0. The Kier molecular flexibility index (Phi) is 5.32. The summed E-state index contributed by atoms with van der Waals surface area (Å²) in [5.74, 6) is 1.67. The average molecular weight is 286 g/mol. The van der Waals surface area contributed by atoms with E-state index < -0.39 is 0 Å². The Bertz CT molecular complexity index is 417. The van der Waals surface area contributed by atoms with Crippen LogP contribution in [-0.2, 0) is 0 Å². The maximum Gasteiger partial charge on any atom is 0.0107 e. The summed E-state index contributed by atoms with van der Waals surface area (Å²) in [6.45, 7) is 7.29. The third kappa shape index (κ3) is 4.31. The second kappa shape index (κ2) is 7.42. The molecule has 3 atom stereocenters. The topological polar surface area (TPSA) is 15.3 Å². The molecule has 1 saturated heterocycles. The molecule has 21 heavy (non-hydrogen) atoms. The molecule has 1 saturated carbocycles. The van der Waals surface area contributed by atoms with E-state index >= 15 is 0 Å². The molecule has 2 fully saturated rings. The quantitative estimate of drug-likeness (QED) is 0.889. The minimum atomic E-state index is 0.751. The summed E-state index contributed by atoms with van der Waals surface area (Å²) in [6, 6.07) is 11.8. The molecule has 0 spiro atoms. The van der Waals surface area contributed by atoms with Crippen LogP contribution in [0.25, 0.3) is 0 Å². The van der Waals surface area contributed by atoms with E-state index in [2.05, 4.69) is 47.5 Å². The van der Waals surface area contributed by atoms with E-state index in [-0.39, 0.29) is 0 Å². The predicted molar refractivity (Wildman–Crippen MR) is 89.7 cm³/mol. The monoisotopic (exact) mass is 286 g/mol. The van der Waals surface area contributed by atoms with Crippen LogP contribution in [0.4, 0.5) is 0 Å². The van der Waals surface area contributed by atoms with Crippen molar-refractivity contribution in [2.45, 2.75) is 51.0 Å². The van der Waals surface area contributed by atoms with Gasteiger partial charge < -0.3 is 10.2 Å². The smallest absolute Gasteiger partial charge is 0.0107 e. The van der Waals surface area contributed by atoms with Gasteiger partial charge in [-0.2, -0.15) is 0 Å². The fourth-order valence-corrected chi connectivity index (χ4v) is 4.08. The zero-order valence-electron chi connectivity index (χ0n) is 13.4. The lowest BCUT2D eigenvalue weighted by Crippen LogP contribution is -2.38. The van der Waals surface area contributed by atoms with Gasteiger partial charge in [-0.25, -0.2) is 0 Å². The Balaban J connectivity index is 1.37. The maximum absolute atomic E-state index is 3.79. The van der Waals surface area contributed by atoms with Gasteiger partial charge in [-0.1, -0.05) is 50.1 Å². The summed E-state index contributed by atoms with van der Waals surface area (Å²) in [5, 5.41) is 3.79. The first-order valence-corrected chi connectivity index (χ1v) is 8.82. The number of nitrogens with zero attached hydrogens (tertiary/aromatic N) is 1. The maximum atomic E-state index is 3.79. The van der Waals surface area contributed by atoms with E-state index in [0.29, 0.717) is 0 Å². The molecular formula is C19H30N2. The van der Waals surface area contributed by atoms with Crippen LogP contribution in [0.15, 0.2) is 30.3 Å². The first kappa shape index (κ1) is 15.1. The number of hydrogen-bond donors (Lipinski definition) is 1. The van der Waals surface area contributed by atoms with Gasteiger partial charge in [-0.05, 0) is 43.2 Å². The average Bonchev–Trinajstić information content (AvgIpc) is 2.97. The van der Waals surface area contributed by atoms with Crippen LogP contribution in [0.2, 0.25) is 0 Å². The second-order valence-corrected chi connectivity index (χ2v) is 7.12. The Morgan fingerprint density at radius 1 is 1.14 bits per heavy atom. The lowest BCUT2D eigenvalue weighted by Gasteiger charge is -2.28. The van der Waals surface area contributed by atoms with Crippen LogP contribution >= 0.6 is 0 Å². The number of nitrogens with one attached hydrogen (secondary N) is 1. The highest BCUT2D eigenvalue weighted by molar-refractivity contribution is 5.20. The Labute approximate surface area is 129 Å². The van der Waals surface area contributed by atoms with E-state index in [1.54, 1.807) is 0 Å². The molecule has 2 aliphatic rings. The lowest BCUT2D eigenvalue weighted by molar-refractivity contribution is 0.277. The summed E-state index contributed by atoms with van der Waals surface area (Å²) in [7, 11) is 0. The van der Waals surface area contributed by atoms with Crippen molar-refractivity contribution in [3.8, 4) is 0 Å². The molecule has 0 bridgehead atoms. The minimum absolute atomic E-state index is 0.751. The molecule has 2 nitrogen and oxygen atoms in total. The predicted octanol–water partition coefficient (Wildman–Crippen LogP) is 3.64. The van der Waals surface area contributed by atoms with Crippen molar-refractivity contribution < 1.29 is 0 Å². The highest BCUT2D eigenvalue weighted by Gasteiger charge is 2.24. The third-order valence-electron chi connectivity index (χ3n) is 5.34. The fourth-order valence-electron chi connectivity index (χ4n) is 4.08. The summed E-state index contributed by atoms with van der Waals surface area (Å²) >= 11 is 0. The Morgan fingerprint density at radius 3 is 2.81 bits per heavy atom. The molecule has 1 aliphatic heterocycles. The largest absolute Gasteiger partial charge is 0.313 e. The van der Waals surface area contributed by atoms with Crippen molar-refractivity contribution in [3.63, 3.8) is 0 Å². The van der Waals surface area contributed by atoms with Gasteiger partial charge >= 0.3 is 0 Å². The van der Waals surface area contributed by atoms with Gasteiger partial charge in [0.2, 0.25) is 0 Å². The highest BCUT2D eigenvalue weighted by atomic mass is 15.2. The van der Waals surface area contributed by atoms with E-state index in [0.717, 1.165) is 17.9 Å². The number of hydrogen-bond acceptors (Lipinski definition) is 2. The van der Waals surface area contributed by atoms with Gasteiger partial charge in [0.1, 0.15) is 0 Å². The zero-order valence-corrected chi connectivity index (χ0v) is 13.4.